The molecule has 1 N–H and O–H groups in total. The fraction of sp³-hybridized carbons (Fsp3) is 0.786. The third-order valence-corrected chi connectivity index (χ3v) is 3.07. The van der Waals surface area contributed by atoms with Gasteiger partial charge in [0.2, 0.25) is 0 Å². The van der Waals surface area contributed by atoms with Crippen LogP contribution >= 0.6 is 0 Å². The summed E-state index contributed by atoms with van der Waals surface area (Å²) in [4.78, 5) is 0. The van der Waals surface area contributed by atoms with Crippen molar-refractivity contribution in [2.45, 2.75) is 72.4 Å². The van der Waals surface area contributed by atoms with Crippen molar-refractivity contribution in [3.63, 3.8) is 0 Å². The highest BCUT2D eigenvalue weighted by atomic mass is 15.3. The second-order valence-electron chi connectivity index (χ2n) is 5.32. The molecular formula is C14H27N3. The molecule has 0 aliphatic rings. The minimum Gasteiger partial charge on any atom is -0.368 e. The first-order chi connectivity index (χ1) is 7.99. The summed E-state index contributed by atoms with van der Waals surface area (Å²) < 4.78 is 2.18. The number of hydrogen-bond donors (Lipinski definition) is 1. The van der Waals surface area contributed by atoms with Crippen LogP contribution in [0.3, 0.4) is 0 Å². The predicted molar refractivity (Wildman–Crippen MR) is 74.7 cm³/mol. The van der Waals surface area contributed by atoms with E-state index in [1.807, 2.05) is 0 Å². The fourth-order valence-corrected chi connectivity index (χ4v) is 2.01. The van der Waals surface area contributed by atoms with E-state index in [1.54, 1.807) is 0 Å². The van der Waals surface area contributed by atoms with Crippen LogP contribution in [0.5, 0.6) is 0 Å². The van der Waals surface area contributed by atoms with Crippen LogP contribution in [0.2, 0.25) is 0 Å². The van der Waals surface area contributed by atoms with Crippen molar-refractivity contribution in [1.29, 1.82) is 0 Å². The molecule has 0 radical (unpaired) electrons. The SMILES string of the molecule is CCC(CC)n1nc(C(C)C)cc1NC(C)C. The van der Waals surface area contributed by atoms with Gasteiger partial charge in [-0.1, -0.05) is 27.7 Å². The standard InChI is InChI=1S/C14H27N3/c1-7-12(8-2)17-14(15-11(5)6)9-13(16-17)10(3)4/h9-12,15H,7-8H2,1-6H3. The first-order valence-corrected chi connectivity index (χ1v) is 6.85. The van der Waals surface area contributed by atoms with Gasteiger partial charge >= 0.3 is 0 Å². The topological polar surface area (TPSA) is 29.9 Å². The molecule has 0 aliphatic carbocycles. The molecule has 0 spiro atoms. The van der Waals surface area contributed by atoms with Crippen molar-refractivity contribution >= 4 is 5.82 Å². The number of anilines is 1. The Morgan fingerprint density at radius 3 is 2.18 bits per heavy atom. The third kappa shape index (κ3) is 3.48. The predicted octanol–water partition coefficient (Wildman–Crippen LogP) is 4.19. The lowest BCUT2D eigenvalue weighted by Crippen LogP contribution is -2.17. The first kappa shape index (κ1) is 14.1. The molecule has 0 saturated carbocycles. The zero-order chi connectivity index (χ0) is 13.0. The molecule has 0 aliphatic heterocycles. The molecule has 1 aromatic rings. The van der Waals surface area contributed by atoms with Gasteiger partial charge in [-0.05, 0) is 32.6 Å². The summed E-state index contributed by atoms with van der Waals surface area (Å²) in [5.41, 5.74) is 1.18. The van der Waals surface area contributed by atoms with Crippen LogP contribution in [0.15, 0.2) is 6.07 Å². The summed E-state index contributed by atoms with van der Waals surface area (Å²) in [5, 5.41) is 8.26. The van der Waals surface area contributed by atoms with E-state index in [1.165, 1.54) is 5.69 Å². The van der Waals surface area contributed by atoms with Gasteiger partial charge in [0.1, 0.15) is 5.82 Å². The first-order valence-electron chi connectivity index (χ1n) is 6.85. The number of nitrogens with one attached hydrogen (secondary N) is 1. The third-order valence-electron chi connectivity index (χ3n) is 3.07. The lowest BCUT2D eigenvalue weighted by molar-refractivity contribution is 0.427. The van der Waals surface area contributed by atoms with E-state index in [0.717, 1.165) is 18.7 Å². The molecule has 0 fully saturated rings. The second kappa shape index (κ2) is 6.08. The molecule has 0 aromatic carbocycles. The molecule has 3 heteroatoms. The molecule has 0 atom stereocenters. The molecule has 0 unspecified atom stereocenters. The summed E-state index contributed by atoms with van der Waals surface area (Å²) in [6.45, 7) is 13.2. The molecule has 98 valence electrons. The maximum Gasteiger partial charge on any atom is 0.125 e. The lowest BCUT2D eigenvalue weighted by atomic mass is 10.1. The van der Waals surface area contributed by atoms with Crippen molar-refractivity contribution in [3.05, 3.63) is 11.8 Å². The van der Waals surface area contributed by atoms with E-state index < -0.39 is 0 Å². The van der Waals surface area contributed by atoms with Crippen LogP contribution in [0, 0.1) is 0 Å². The van der Waals surface area contributed by atoms with Crippen molar-refractivity contribution in [2.75, 3.05) is 5.32 Å². The van der Waals surface area contributed by atoms with E-state index in [2.05, 4.69) is 57.6 Å². The van der Waals surface area contributed by atoms with E-state index in [0.29, 0.717) is 18.0 Å². The monoisotopic (exact) mass is 237 g/mol. The summed E-state index contributed by atoms with van der Waals surface area (Å²) in [7, 11) is 0. The van der Waals surface area contributed by atoms with Crippen molar-refractivity contribution in [1.82, 2.24) is 9.78 Å². The van der Waals surface area contributed by atoms with E-state index >= 15 is 0 Å². The quantitative estimate of drug-likeness (QED) is 0.804. The Morgan fingerprint density at radius 2 is 1.76 bits per heavy atom. The van der Waals surface area contributed by atoms with Gasteiger partial charge in [0.25, 0.3) is 0 Å². The summed E-state index contributed by atoms with van der Waals surface area (Å²) >= 11 is 0. The van der Waals surface area contributed by atoms with Crippen LogP contribution < -0.4 is 5.32 Å². The fourth-order valence-electron chi connectivity index (χ4n) is 2.01. The van der Waals surface area contributed by atoms with Crippen molar-refractivity contribution < 1.29 is 0 Å². The highest BCUT2D eigenvalue weighted by Crippen LogP contribution is 2.25. The van der Waals surface area contributed by atoms with Crippen LogP contribution in [0.1, 0.15) is 72.0 Å². The number of nitrogens with zero attached hydrogens (tertiary/aromatic N) is 2. The summed E-state index contributed by atoms with van der Waals surface area (Å²) in [5.74, 6) is 1.65. The number of hydrogen-bond acceptors (Lipinski definition) is 2. The Hall–Kier alpha value is -0.990. The van der Waals surface area contributed by atoms with Gasteiger partial charge in [0.05, 0.1) is 11.7 Å². The minimum absolute atomic E-state index is 0.444. The molecule has 1 aromatic heterocycles. The van der Waals surface area contributed by atoms with Gasteiger partial charge in [0.15, 0.2) is 0 Å². The normalized spacial score (nSPS) is 11.8. The van der Waals surface area contributed by atoms with Gasteiger partial charge in [-0.3, -0.25) is 0 Å². The van der Waals surface area contributed by atoms with Crippen LogP contribution in [0.25, 0.3) is 0 Å². The smallest absolute Gasteiger partial charge is 0.125 e. The summed E-state index contributed by atoms with van der Waals surface area (Å²) in [6, 6.07) is 3.15. The van der Waals surface area contributed by atoms with E-state index in [-0.39, 0.29) is 0 Å². The van der Waals surface area contributed by atoms with E-state index in [9.17, 15) is 0 Å². The van der Waals surface area contributed by atoms with Gasteiger partial charge < -0.3 is 5.32 Å². The number of aromatic nitrogens is 2. The largest absolute Gasteiger partial charge is 0.368 e. The Balaban J connectivity index is 3.06. The highest BCUT2D eigenvalue weighted by molar-refractivity contribution is 5.39. The number of rotatable bonds is 6. The molecule has 1 heterocycles. The summed E-state index contributed by atoms with van der Waals surface area (Å²) in [6.07, 6.45) is 2.25. The van der Waals surface area contributed by atoms with E-state index in [4.69, 9.17) is 5.10 Å². The second-order valence-corrected chi connectivity index (χ2v) is 5.32. The Kier molecular flexibility index (Phi) is 5.03. The zero-order valence-electron chi connectivity index (χ0n) is 12.1. The maximum absolute atomic E-state index is 4.76. The molecule has 17 heavy (non-hydrogen) atoms. The highest BCUT2D eigenvalue weighted by Gasteiger charge is 2.16. The molecule has 0 saturated heterocycles. The molecular weight excluding hydrogens is 210 g/mol. The van der Waals surface area contributed by atoms with Crippen LogP contribution in [-0.2, 0) is 0 Å². The van der Waals surface area contributed by atoms with Crippen LogP contribution in [-0.4, -0.2) is 15.8 Å². The molecule has 3 nitrogen and oxygen atoms in total. The van der Waals surface area contributed by atoms with Crippen LogP contribution in [0.4, 0.5) is 5.82 Å². The van der Waals surface area contributed by atoms with Gasteiger partial charge in [-0.15, -0.1) is 0 Å². The Labute approximate surface area is 106 Å². The van der Waals surface area contributed by atoms with Gasteiger partial charge in [0, 0.05) is 12.1 Å². The molecule has 0 bridgehead atoms. The Morgan fingerprint density at radius 1 is 1.18 bits per heavy atom. The molecule has 0 amide bonds. The average molecular weight is 237 g/mol. The Bertz CT molecular complexity index is 335. The molecule has 1 rings (SSSR count). The minimum atomic E-state index is 0.444. The lowest BCUT2D eigenvalue weighted by Gasteiger charge is -2.18. The van der Waals surface area contributed by atoms with Crippen molar-refractivity contribution in [2.24, 2.45) is 0 Å². The average Bonchev–Trinajstić information content (AvgIpc) is 2.63. The maximum atomic E-state index is 4.76. The van der Waals surface area contributed by atoms with Gasteiger partial charge in [-0.2, -0.15) is 5.10 Å². The van der Waals surface area contributed by atoms with Crippen molar-refractivity contribution in [3.8, 4) is 0 Å². The zero-order valence-corrected chi connectivity index (χ0v) is 12.1. The van der Waals surface area contributed by atoms with Gasteiger partial charge in [-0.25, -0.2) is 4.68 Å².